The van der Waals surface area contributed by atoms with E-state index in [1.165, 1.54) is 19.1 Å². The highest BCUT2D eigenvalue weighted by Crippen LogP contribution is 2.22. The molecule has 2 rings (SSSR count). The standard InChI is InChI=1S/C19H16ClN3O2/c1-19(25,9-8-13-2-4-14(11-21)5-3-13)18(24)23-16-7-6-15(12-22)17(20)10-16/h2-7,10,25H,8-9H2,1H3,(H,23,24). The van der Waals surface area contributed by atoms with Gasteiger partial charge in [-0.25, -0.2) is 0 Å². The molecule has 5 nitrogen and oxygen atoms in total. The number of amides is 1. The molecule has 0 saturated heterocycles. The van der Waals surface area contributed by atoms with Gasteiger partial charge in [-0.05, 0) is 55.7 Å². The molecule has 0 heterocycles. The predicted molar refractivity (Wildman–Crippen MR) is 94.9 cm³/mol. The maximum absolute atomic E-state index is 12.3. The molecular weight excluding hydrogens is 338 g/mol. The summed E-state index contributed by atoms with van der Waals surface area (Å²) >= 11 is 5.93. The van der Waals surface area contributed by atoms with Crippen LogP contribution in [-0.4, -0.2) is 16.6 Å². The molecule has 1 atom stereocenters. The van der Waals surface area contributed by atoms with Crippen LogP contribution in [0.1, 0.15) is 30.0 Å². The van der Waals surface area contributed by atoms with Gasteiger partial charge in [0.2, 0.25) is 0 Å². The second kappa shape index (κ2) is 7.81. The van der Waals surface area contributed by atoms with E-state index in [1.54, 1.807) is 30.3 Å². The zero-order valence-electron chi connectivity index (χ0n) is 13.6. The number of nitriles is 2. The van der Waals surface area contributed by atoms with Crippen LogP contribution in [0.2, 0.25) is 5.02 Å². The fourth-order valence-corrected chi connectivity index (χ4v) is 2.42. The van der Waals surface area contributed by atoms with Gasteiger partial charge in [-0.15, -0.1) is 0 Å². The van der Waals surface area contributed by atoms with E-state index in [-0.39, 0.29) is 11.4 Å². The van der Waals surface area contributed by atoms with Gasteiger partial charge in [0.05, 0.1) is 22.2 Å². The lowest BCUT2D eigenvalue weighted by Crippen LogP contribution is -2.40. The number of carbonyl (C=O) groups excluding carboxylic acids is 1. The summed E-state index contributed by atoms with van der Waals surface area (Å²) in [7, 11) is 0. The lowest BCUT2D eigenvalue weighted by molar-refractivity contribution is -0.132. The minimum atomic E-state index is -1.58. The maximum atomic E-state index is 12.3. The highest BCUT2D eigenvalue weighted by Gasteiger charge is 2.30. The number of halogens is 1. The molecule has 0 radical (unpaired) electrons. The minimum absolute atomic E-state index is 0.217. The molecule has 0 spiro atoms. The van der Waals surface area contributed by atoms with Gasteiger partial charge in [-0.3, -0.25) is 4.79 Å². The van der Waals surface area contributed by atoms with Crippen LogP contribution in [0.25, 0.3) is 0 Å². The molecule has 2 aromatic carbocycles. The number of aryl methyl sites for hydroxylation is 1. The van der Waals surface area contributed by atoms with E-state index in [0.29, 0.717) is 23.2 Å². The molecule has 1 amide bonds. The first kappa shape index (κ1) is 18.5. The highest BCUT2D eigenvalue weighted by atomic mass is 35.5. The minimum Gasteiger partial charge on any atom is -0.380 e. The molecule has 0 aliphatic rings. The molecule has 25 heavy (non-hydrogen) atoms. The summed E-state index contributed by atoms with van der Waals surface area (Å²) < 4.78 is 0. The molecule has 0 saturated carbocycles. The summed E-state index contributed by atoms with van der Waals surface area (Å²) in [5, 5.41) is 30.9. The number of rotatable bonds is 5. The molecule has 0 aliphatic carbocycles. The van der Waals surface area contributed by atoms with Crippen molar-refractivity contribution in [2.24, 2.45) is 0 Å². The first-order valence-electron chi connectivity index (χ1n) is 7.58. The molecule has 0 fully saturated rings. The van der Waals surface area contributed by atoms with Crippen molar-refractivity contribution in [2.75, 3.05) is 5.32 Å². The van der Waals surface area contributed by atoms with Gasteiger partial charge in [0, 0.05) is 5.69 Å². The molecule has 6 heteroatoms. The van der Waals surface area contributed by atoms with Crippen LogP contribution in [0.3, 0.4) is 0 Å². The van der Waals surface area contributed by atoms with Crippen LogP contribution >= 0.6 is 11.6 Å². The second-order valence-electron chi connectivity index (χ2n) is 5.84. The monoisotopic (exact) mass is 353 g/mol. The first-order chi connectivity index (χ1) is 11.9. The van der Waals surface area contributed by atoms with E-state index in [4.69, 9.17) is 22.1 Å². The summed E-state index contributed by atoms with van der Waals surface area (Å²) in [6, 6.07) is 15.5. The third kappa shape index (κ3) is 4.81. The summed E-state index contributed by atoms with van der Waals surface area (Å²) in [6.07, 6.45) is 0.703. The van der Waals surface area contributed by atoms with Gasteiger partial charge in [-0.2, -0.15) is 10.5 Å². The molecule has 0 bridgehead atoms. The number of anilines is 1. The van der Waals surface area contributed by atoms with Crippen LogP contribution in [0.5, 0.6) is 0 Å². The molecule has 1 unspecified atom stereocenters. The van der Waals surface area contributed by atoms with Gasteiger partial charge in [0.1, 0.15) is 11.7 Å². The largest absolute Gasteiger partial charge is 0.380 e. The Hall–Kier alpha value is -2.86. The van der Waals surface area contributed by atoms with Crippen molar-refractivity contribution in [3.63, 3.8) is 0 Å². The Balaban J connectivity index is 2.00. The van der Waals surface area contributed by atoms with Gasteiger partial charge >= 0.3 is 0 Å². The van der Waals surface area contributed by atoms with E-state index < -0.39 is 11.5 Å². The molecule has 2 N–H and O–H groups in total. The van der Waals surface area contributed by atoms with Crippen LogP contribution in [0, 0.1) is 22.7 Å². The predicted octanol–water partition coefficient (Wildman–Crippen LogP) is 3.41. The molecule has 0 aromatic heterocycles. The average molecular weight is 354 g/mol. The van der Waals surface area contributed by atoms with E-state index in [2.05, 4.69) is 5.32 Å². The number of nitrogens with one attached hydrogen (secondary N) is 1. The highest BCUT2D eigenvalue weighted by molar-refractivity contribution is 6.32. The topological polar surface area (TPSA) is 96.9 Å². The van der Waals surface area contributed by atoms with Gasteiger partial charge in [-0.1, -0.05) is 23.7 Å². The van der Waals surface area contributed by atoms with Crippen LogP contribution in [0.4, 0.5) is 5.69 Å². The van der Waals surface area contributed by atoms with Crippen molar-refractivity contribution in [1.29, 1.82) is 10.5 Å². The van der Waals surface area contributed by atoms with E-state index in [9.17, 15) is 9.90 Å². The fourth-order valence-electron chi connectivity index (χ4n) is 2.20. The Bertz CT molecular complexity index is 862. The Morgan fingerprint density at radius 2 is 1.88 bits per heavy atom. The van der Waals surface area contributed by atoms with Gasteiger partial charge < -0.3 is 10.4 Å². The molecule has 126 valence electrons. The second-order valence-corrected chi connectivity index (χ2v) is 6.25. The van der Waals surface area contributed by atoms with Gasteiger partial charge in [0.15, 0.2) is 0 Å². The van der Waals surface area contributed by atoms with E-state index in [0.717, 1.165) is 5.56 Å². The summed E-state index contributed by atoms with van der Waals surface area (Å²) in [5.74, 6) is -0.554. The van der Waals surface area contributed by atoms with Crippen LogP contribution in [0.15, 0.2) is 42.5 Å². The van der Waals surface area contributed by atoms with Crippen molar-refractivity contribution in [2.45, 2.75) is 25.4 Å². The number of hydrogen-bond donors (Lipinski definition) is 2. The summed E-state index contributed by atoms with van der Waals surface area (Å²) in [5.41, 5.74) is 0.633. The number of aliphatic hydroxyl groups is 1. The number of nitrogens with zero attached hydrogens (tertiary/aromatic N) is 2. The summed E-state index contributed by atoms with van der Waals surface area (Å²) in [4.78, 5) is 12.3. The van der Waals surface area contributed by atoms with Crippen molar-refractivity contribution < 1.29 is 9.90 Å². The SMILES string of the molecule is CC(O)(CCc1ccc(C#N)cc1)C(=O)Nc1ccc(C#N)c(Cl)c1. The van der Waals surface area contributed by atoms with Crippen molar-refractivity contribution in [3.05, 3.63) is 64.2 Å². The third-order valence-corrected chi connectivity index (χ3v) is 4.13. The molecule has 2 aromatic rings. The lowest BCUT2D eigenvalue weighted by atomic mass is 9.95. The smallest absolute Gasteiger partial charge is 0.256 e. The van der Waals surface area contributed by atoms with Crippen molar-refractivity contribution >= 4 is 23.2 Å². The zero-order chi connectivity index (χ0) is 18.4. The normalized spacial score (nSPS) is 12.5. The molecule has 0 aliphatic heterocycles. The van der Waals surface area contributed by atoms with Crippen LogP contribution in [-0.2, 0) is 11.2 Å². The van der Waals surface area contributed by atoms with Crippen molar-refractivity contribution in [3.8, 4) is 12.1 Å². The number of benzene rings is 2. The Morgan fingerprint density at radius 3 is 2.44 bits per heavy atom. The maximum Gasteiger partial charge on any atom is 0.256 e. The van der Waals surface area contributed by atoms with E-state index in [1.807, 2.05) is 12.1 Å². The van der Waals surface area contributed by atoms with E-state index >= 15 is 0 Å². The zero-order valence-corrected chi connectivity index (χ0v) is 14.3. The number of carbonyl (C=O) groups is 1. The Morgan fingerprint density at radius 1 is 1.20 bits per heavy atom. The van der Waals surface area contributed by atoms with Gasteiger partial charge in [0.25, 0.3) is 5.91 Å². The third-order valence-electron chi connectivity index (χ3n) is 3.82. The van der Waals surface area contributed by atoms with Crippen LogP contribution < -0.4 is 5.32 Å². The van der Waals surface area contributed by atoms with Crippen molar-refractivity contribution in [1.82, 2.24) is 0 Å². The lowest BCUT2D eigenvalue weighted by Gasteiger charge is -2.22. The Labute approximate surface area is 151 Å². The molecular formula is C19H16ClN3O2. The summed E-state index contributed by atoms with van der Waals surface area (Å²) in [6.45, 7) is 1.44. The average Bonchev–Trinajstić information content (AvgIpc) is 2.60. The number of hydrogen-bond acceptors (Lipinski definition) is 4. The first-order valence-corrected chi connectivity index (χ1v) is 7.96. The Kier molecular flexibility index (Phi) is 5.77. The quantitative estimate of drug-likeness (QED) is 0.860. The fraction of sp³-hybridized carbons (Fsp3) is 0.211.